The van der Waals surface area contributed by atoms with Crippen LogP contribution in [0.15, 0.2) is 0 Å². The maximum absolute atomic E-state index is 12.9. The van der Waals surface area contributed by atoms with Crippen LogP contribution in [0.1, 0.15) is 78.6 Å². The molecule has 5 nitrogen and oxygen atoms in total. The molecule has 4 rings (SSSR count). The van der Waals surface area contributed by atoms with Crippen LogP contribution in [0.2, 0.25) is 0 Å². The van der Waals surface area contributed by atoms with Crippen molar-refractivity contribution < 1.29 is 22.9 Å². The Balaban J connectivity index is 1.51. The molecule has 29 heavy (non-hydrogen) atoms. The third-order valence-corrected chi connectivity index (χ3v) is 11.6. The highest BCUT2D eigenvalue weighted by Crippen LogP contribution is 2.68. The van der Waals surface area contributed by atoms with Gasteiger partial charge in [0, 0.05) is 16.7 Å². The minimum atomic E-state index is -4.17. The predicted molar refractivity (Wildman–Crippen MR) is 115 cm³/mol. The number of carbonyl (C=O) groups excluding carboxylic acids is 1. The third kappa shape index (κ3) is 3.83. The molecule has 0 aromatic heterocycles. The Morgan fingerprint density at radius 3 is 2.34 bits per heavy atom. The molecular weight excluding hydrogens is 408 g/mol. The summed E-state index contributed by atoms with van der Waals surface area (Å²) in [7, 11) is -3.81. The summed E-state index contributed by atoms with van der Waals surface area (Å²) < 4.78 is 31.1. The zero-order chi connectivity index (χ0) is 21.2. The van der Waals surface area contributed by atoms with Crippen LogP contribution in [0.5, 0.6) is 0 Å². The summed E-state index contributed by atoms with van der Waals surface area (Å²) in [6, 6.07) is 0. The molecule has 0 spiro atoms. The Morgan fingerprint density at radius 1 is 0.966 bits per heavy atom. The smallest absolute Gasteiger partial charge is 0.320 e. The van der Waals surface area contributed by atoms with Gasteiger partial charge in [-0.05, 0) is 99.2 Å². The van der Waals surface area contributed by atoms with Crippen LogP contribution in [0.4, 0.5) is 0 Å². The van der Waals surface area contributed by atoms with E-state index in [2.05, 4.69) is 13.8 Å². The van der Waals surface area contributed by atoms with Crippen molar-refractivity contribution in [2.24, 2.45) is 40.4 Å². The summed E-state index contributed by atoms with van der Waals surface area (Å²) in [6.07, 6.45) is 9.36. The Hall–Kier alpha value is -0.110. The molecule has 166 valence electrons. The Morgan fingerprint density at radius 2 is 1.66 bits per heavy atom. The van der Waals surface area contributed by atoms with E-state index in [4.69, 9.17) is 4.55 Å². The lowest BCUT2D eigenvalue weighted by Gasteiger charge is -2.61. The van der Waals surface area contributed by atoms with Crippen molar-refractivity contribution in [1.82, 2.24) is 0 Å². The van der Waals surface area contributed by atoms with E-state index >= 15 is 0 Å². The number of aliphatic hydroxyl groups is 1. The normalized spacial score (nSPS) is 49.8. The minimum Gasteiger partial charge on any atom is -0.390 e. The van der Waals surface area contributed by atoms with E-state index in [1.54, 1.807) is 0 Å². The van der Waals surface area contributed by atoms with Gasteiger partial charge in [0.1, 0.15) is 5.78 Å². The van der Waals surface area contributed by atoms with Gasteiger partial charge in [-0.15, -0.1) is 0 Å². The van der Waals surface area contributed by atoms with Crippen LogP contribution in [0, 0.1) is 40.4 Å². The Kier molecular flexibility index (Phi) is 5.49. The molecule has 0 saturated heterocycles. The lowest BCUT2D eigenvalue weighted by molar-refractivity contribution is -0.150. The fourth-order valence-electron chi connectivity index (χ4n) is 8.19. The van der Waals surface area contributed by atoms with E-state index in [0.717, 1.165) is 44.9 Å². The van der Waals surface area contributed by atoms with Crippen LogP contribution in [0.25, 0.3) is 0 Å². The van der Waals surface area contributed by atoms with Crippen molar-refractivity contribution in [3.63, 3.8) is 0 Å². The van der Waals surface area contributed by atoms with Crippen LogP contribution >= 0.6 is 10.8 Å². The molecule has 7 heteroatoms. The summed E-state index contributed by atoms with van der Waals surface area (Å²) in [4.78, 5) is 12.9. The van der Waals surface area contributed by atoms with Gasteiger partial charge in [0.25, 0.3) is 0 Å². The van der Waals surface area contributed by atoms with E-state index in [1.165, 1.54) is 12.8 Å². The molecule has 8 atom stereocenters. The number of hydrogen-bond acceptors (Lipinski definition) is 5. The minimum absolute atomic E-state index is 0.00955. The van der Waals surface area contributed by atoms with E-state index in [9.17, 15) is 18.3 Å². The summed E-state index contributed by atoms with van der Waals surface area (Å²) in [5.41, 5.74) is -0.257. The highest BCUT2D eigenvalue weighted by molar-refractivity contribution is 8.70. The molecular formula is C22H36O5S2. The summed E-state index contributed by atoms with van der Waals surface area (Å²) in [5.74, 6) is 2.22. The fourth-order valence-corrected chi connectivity index (χ4v) is 9.45. The van der Waals surface area contributed by atoms with E-state index < -0.39 is 14.8 Å². The molecule has 0 amide bonds. The first-order valence-corrected chi connectivity index (χ1v) is 14.2. The molecule has 0 aromatic carbocycles. The zero-order valence-electron chi connectivity index (χ0n) is 17.9. The number of ketones is 1. The first-order valence-electron chi connectivity index (χ1n) is 11.2. The number of Topliss-reactive ketones (excluding diaryl/α,β-unsaturated/α-hetero) is 1. The molecule has 0 bridgehead atoms. The van der Waals surface area contributed by atoms with Gasteiger partial charge in [-0.3, -0.25) is 9.35 Å². The van der Waals surface area contributed by atoms with Gasteiger partial charge >= 0.3 is 9.15 Å². The van der Waals surface area contributed by atoms with Gasteiger partial charge < -0.3 is 5.11 Å². The van der Waals surface area contributed by atoms with E-state index in [0.29, 0.717) is 39.9 Å². The first-order chi connectivity index (χ1) is 13.4. The Labute approximate surface area is 178 Å². The van der Waals surface area contributed by atoms with Crippen LogP contribution in [-0.2, 0) is 13.9 Å². The van der Waals surface area contributed by atoms with Crippen LogP contribution in [-0.4, -0.2) is 35.2 Å². The molecule has 4 aliphatic rings. The molecule has 4 saturated carbocycles. The van der Waals surface area contributed by atoms with Crippen molar-refractivity contribution in [1.29, 1.82) is 0 Å². The Bertz CT molecular complexity index is 778. The van der Waals surface area contributed by atoms with Gasteiger partial charge in [0.2, 0.25) is 0 Å². The molecule has 2 N–H and O–H groups in total. The highest BCUT2D eigenvalue weighted by atomic mass is 33.1. The number of fused-ring (bicyclic) bond motifs is 5. The predicted octanol–water partition coefficient (Wildman–Crippen LogP) is 4.50. The second kappa shape index (κ2) is 7.21. The largest absolute Gasteiger partial charge is 0.390 e. The quantitative estimate of drug-likeness (QED) is 0.490. The first kappa shape index (κ1) is 22.1. The second-order valence-corrected chi connectivity index (χ2v) is 14.5. The fraction of sp³-hybridized carbons (Fsp3) is 0.955. The summed E-state index contributed by atoms with van der Waals surface area (Å²) in [6.45, 7) is 6.72. The number of hydrogen-bond donors (Lipinski definition) is 2. The second-order valence-electron chi connectivity index (χ2n) is 11.2. The average Bonchev–Trinajstić information content (AvgIpc) is 2.97. The summed E-state index contributed by atoms with van der Waals surface area (Å²) >= 11 is 0. The molecule has 0 heterocycles. The number of rotatable bonds is 4. The zero-order valence-corrected chi connectivity index (χ0v) is 19.5. The molecule has 4 fully saturated rings. The highest BCUT2D eigenvalue weighted by Gasteiger charge is 2.61. The third-order valence-electron chi connectivity index (χ3n) is 9.69. The summed E-state index contributed by atoms with van der Waals surface area (Å²) in [5, 5.41) is 10.6. The molecule has 1 unspecified atom stereocenters. The van der Waals surface area contributed by atoms with Crippen molar-refractivity contribution in [2.45, 2.75) is 84.2 Å². The SMILES string of the molecule is C[C@@]1(O)CC[C@@]2(C)[C@@H](CC[C@@H]3C4CC[C@H](C(=O)CSS(=O)(=O)O)[C@@]4(C)CC[C@H]32)C1. The lowest BCUT2D eigenvalue weighted by atomic mass is 9.44. The lowest BCUT2D eigenvalue weighted by Crippen LogP contribution is -2.55. The van der Waals surface area contributed by atoms with Gasteiger partial charge in [-0.1, -0.05) is 13.8 Å². The van der Waals surface area contributed by atoms with Gasteiger partial charge in [0.15, 0.2) is 0 Å². The molecule has 0 radical (unpaired) electrons. The maximum Gasteiger partial charge on any atom is 0.320 e. The van der Waals surface area contributed by atoms with Crippen molar-refractivity contribution in [3.05, 3.63) is 0 Å². The molecule has 0 aromatic rings. The van der Waals surface area contributed by atoms with Crippen molar-refractivity contribution >= 4 is 25.7 Å². The van der Waals surface area contributed by atoms with E-state index in [1.807, 2.05) is 6.92 Å². The standard InChI is InChI=1S/C22H36O5S2/c1-20(24)10-11-21(2)14(12-20)4-5-15-16-6-7-18(19(23)13-28-29(25,26)27)22(16,3)9-8-17(15)21/h14-18,24H,4-13H2,1-3H3,(H,25,26,27)/t14-,15+,16?,17+,18+,20+,21-,22-/m0/s1. The van der Waals surface area contributed by atoms with Crippen LogP contribution < -0.4 is 0 Å². The molecule has 0 aliphatic heterocycles. The monoisotopic (exact) mass is 444 g/mol. The van der Waals surface area contributed by atoms with Gasteiger partial charge in [-0.2, -0.15) is 8.42 Å². The topological polar surface area (TPSA) is 91.7 Å². The van der Waals surface area contributed by atoms with E-state index in [-0.39, 0.29) is 22.9 Å². The number of carbonyl (C=O) groups is 1. The van der Waals surface area contributed by atoms with Gasteiger partial charge in [0.05, 0.1) is 11.4 Å². The average molecular weight is 445 g/mol. The van der Waals surface area contributed by atoms with Crippen molar-refractivity contribution in [3.8, 4) is 0 Å². The van der Waals surface area contributed by atoms with Crippen LogP contribution in [0.3, 0.4) is 0 Å². The van der Waals surface area contributed by atoms with Crippen molar-refractivity contribution in [2.75, 3.05) is 5.75 Å². The van der Waals surface area contributed by atoms with Gasteiger partial charge in [-0.25, -0.2) is 0 Å². The maximum atomic E-state index is 12.9. The molecule has 4 aliphatic carbocycles.